The zero-order chi connectivity index (χ0) is 14.2. The summed E-state index contributed by atoms with van der Waals surface area (Å²) in [5.41, 5.74) is 5.62. The molecule has 0 radical (unpaired) electrons. The molecule has 0 aliphatic carbocycles. The van der Waals surface area contributed by atoms with Gasteiger partial charge < -0.3 is 16.2 Å². The highest BCUT2D eigenvalue weighted by atomic mass is 32.2. The van der Waals surface area contributed by atoms with Gasteiger partial charge in [-0.25, -0.2) is 4.79 Å². The predicted molar refractivity (Wildman–Crippen MR) is 68.9 cm³/mol. The van der Waals surface area contributed by atoms with Crippen molar-refractivity contribution < 1.29 is 19.5 Å². The number of nitrogens with one attached hydrogen (secondary N) is 1. The molecule has 0 aromatic rings. The SMILES string of the molecule is C=CC1=C(C(=O)O)N2C(=O)[C@@H](NC(=O)CN)[C@H]2SC1. The second-order valence-corrected chi connectivity index (χ2v) is 5.15. The summed E-state index contributed by atoms with van der Waals surface area (Å²) in [6.07, 6.45) is 1.44. The minimum atomic E-state index is -1.17. The standard InChI is InChI=1S/C11H13N3O4S/c1-2-5-4-19-10-7(13-6(15)3-12)9(16)14(10)8(5)11(17)18/h2,7,10H,1,3-4,12H2,(H,13,15)(H,17,18)/t7-,10-/m1/s1. The molecule has 0 aromatic carbocycles. The van der Waals surface area contributed by atoms with E-state index in [-0.39, 0.29) is 12.2 Å². The summed E-state index contributed by atoms with van der Waals surface area (Å²) < 4.78 is 0. The van der Waals surface area contributed by atoms with Gasteiger partial charge in [0.15, 0.2) is 0 Å². The van der Waals surface area contributed by atoms with Gasteiger partial charge in [0.2, 0.25) is 5.91 Å². The molecule has 2 aliphatic heterocycles. The number of hydrogen-bond donors (Lipinski definition) is 3. The molecule has 7 nitrogen and oxygen atoms in total. The number of fused-ring (bicyclic) bond motifs is 1. The molecule has 19 heavy (non-hydrogen) atoms. The third-order valence-electron chi connectivity index (χ3n) is 2.95. The Hall–Kier alpha value is -1.80. The Morgan fingerprint density at radius 1 is 1.63 bits per heavy atom. The number of carbonyl (C=O) groups is 3. The summed E-state index contributed by atoms with van der Waals surface area (Å²) in [5, 5.41) is 11.3. The Labute approximate surface area is 113 Å². The minimum Gasteiger partial charge on any atom is -0.477 e. The second-order valence-electron chi connectivity index (χ2n) is 4.04. The fraction of sp³-hybridized carbons (Fsp3) is 0.364. The largest absolute Gasteiger partial charge is 0.477 e. The highest BCUT2D eigenvalue weighted by Crippen LogP contribution is 2.40. The number of rotatable bonds is 4. The molecule has 0 bridgehead atoms. The van der Waals surface area contributed by atoms with Crippen LogP contribution in [-0.4, -0.2) is 51.5 Å². The van der Waals surface area contributed by atoms with Gasteiger partial charge in [-0.1, -0.05) is 12.7 Å². The molecule has 2 rings (SSSR count). The minimum absolute atomic E-state index is 0.0537. The van der Waals surface area contributed by atoms with E-state index < -0.39 is 29.2 Å². The number of carboxylic acids is 1. The lowest BCUT2D eigenvalue weighted by molar-refractivity contribution is -0.150. The number of carboxylic acid groups (broad SMARTS) is 1. The molecule has 4 N–H and O–H groups in total. The second kappa shape index (κ2) is 5.06. The maximum atomic E-state index is 11.9. The molecule has 1 saturated heterocycles. The van der Waals surface area contributed by atoms with E-state index >= 15 is 0 Å². The summed E-state index contributed by atoms with van der Waals surface area (Å²) in [7, 11) is 0. The quantitative estimate of drug-likeness (QED) is 0.563. The van der Waals surface area contributed by atoms with E-state index in [1.807, 2.05) is 0 Å². The number of nitrogens with two attached hydrogens (primary N) is 1. The molecule has 8 heteroatoms. The number of β-lactam (4-membered cyclic amide) rings is 1. The van der Waals surface area contributed by atoms with Crippen molar-refractivity contribution in [2.75, 3.05) is 12.3 Å². The molecule has 2 aliphatic rings. The number of aliphatic carboxylic acids is 1. The van der Waals surface area contributed by atoms with Crippen molar-refractivity contribution in [3.05, 3.63) is 23.9 Å². The van der Waals surface area contributed by atoms with Crippen molar-refractivity contribution in [1.29, 1.82) is 0 Å². The molecule has 0 spiro atoms. The topological polar surface area (TPSA) is 113 Å². The average molecular weight is 283 g/mol. The van der Waals surface area contributed by atoms with Crippen molar-refractivity contribution in [2.45, 2.75) is 11.4 Å². The summed E-state index contributed by atoms with van der Waals surface area (Å²) in [4.78, 5) is 35.6. The van der Waals surface area contributed by atoms with Crippen molar-refractivity contribution in [3.63, 3.8) is 0 Å². The number of thioether (sulfide) groups is 1. The highest BCUT2D eigenvalue weighted by molar-refractivity contribution is 8.00. The van der Waals surface area contributed by atoms with Crippen LogP contribution in [0.15, 0.2) is 23.9 Å². The van der Waals surface area contributed by atoms with Crippen molar-refractivity contribution >= 4 is 29.5 Å². The number of carbonyl (C=O) groups excluding carboxylic acids is 2. The predicted octanol–water partition coefficient (Wildman–Crippen LogP) is -1.13. The summed E-state index contributed by atoms with van der Waals surface area (Å²) in [6.45, 7) is 3.34. The summed E-state index contributed by atoms with van der Waals surface area (Å²) in [5.74, 6) is -1.60. The van der Waals surface area contributed by atoms with E-state index in [0.717, 1.165) is 0 Å². The first-order valence-corrected chi connectivity index (χ1v) is 6.59. The van der Waals surface area contributed by atoms with E-state index in [4.69, 9.17) is 5.73 Å². The van der Waals surface area contributed by atoms with Crippen LogP contribution in [0.1, 0.15) is 0 Å². The van der Waals surface area contributed by atoms with Gasteiger partial charge in [-0.3, -0.25) is 14.5 Å². The Balaban J connectivity index is 2.23. The molecule has 2 atom stereocenters. The molecule has 2 amide bonds. The van der Waals surface area contributed by atoms with Crippen molar-refractivity contribution in [2.24, 2.45) is 5.73 Å². The van der Waals surface area contributed by atoms with Crippen molar-refractivity contribution in [1.82, 2.24) is 10.2 Å². The molecule has 0 saturated carbocycles. The fourth-order valence-corrected chi connectivity index (χ4v) is 3.37. The summed E-state index contributed by atoms with van der Waals surface area (Å²) in [6, 6.07) is -0.707. The number of nitrogens with zero attached hydrogens (tertiary/aromatic N) is 1. The highest BCUT2D eigenvalue weighted by Gasteiger charge is 2.53. The Kier molecular flexibility index (Phi) is 3.63. The van der Waals surface area contributed by atoms with Crippen LogP contribution in [0.2, 0.25) is 0 Å². The zero-order valence-corrected chi connectivity index (χ0v) is 10.8. The third-order valence-corrected chi connectivity index (χ3v) is 4.25. The number of allylic oxidation sites excluding steroid dienone is 1. The van der Waals surface area contributed by atoms with Crippen LogP contribution in [0.5, 0.6) is 0 Å². The molecule has 1 fully saturated rings. The van der Waals surface area contributed by atoms with Crippen LogP contribution in [0.3, 0.4) is 0 Å². The lowest BCUT2D eigenvalue weighted by Gasteiger charge is -2.49. The van der Waals surface area contributed by atoms with E-state index in [9.17, 15) is 19.5 Å². The molecular formula is C11H13N3O4S. The molecule has 2 heterocycles. The zero-order valence-electron chi connectivity index (χ0n) is 9.96. The average Bonchev–Trinajstić information content (AvgIpc) is 2.42. The molecule has 102 valence electrons. The van der Waals surface area contributed by atoms with Gasteiger partial charge in [-0.2, -0.15) is 0 Å². The van der Waals surface area contributed by atoms with E-state index in [1.54, 1.807) is 0 Å². The van der Waals surface area contributed by atoms with Crippen LogP contribution in [-0.2, 0) is 14.4 Å². The first kappa shape index (κ1) is 13.6. The Morgan fingerprint density at radius 3 is 2.84 bits per heavy atom. The first-order valence-electron chi connectivity index (χ1n) is 5.54. The monoisotopic (exact) mass is 283 g/mol. The van der Waals surface area contributed by atoms with E-state index in [0.29, 0.717) is 11.3 Å². The normalized spacial score (nSPS) is 25.5. The van der Waals surface area contributed by atoms with Crippen LogP contribution in [0, 0.1) is 0 Å². The van der Waals surface area contributed by atoms with Gasteiger partial charge >= 0.3 is 5.97 Å². The summed E-state index contributed by atoms with van der Waals surface area (Å²) >= 11 is 1.39. The lowest BCUT2D eigenvalue weighted by Crippen LogP contribution is -2.70. The Morgan fingerprint density at radius 2 is 2.32 bits per heavy atom. The molecular weight excluding hydrogens is 270 g/mol. The van der Waals surface area contributed by atoms with E-state index in [2.05, 4.69) is 11.9 Å². The maximum absolute atomic E-state index is 11.9. The van der Waals surface area contributed by atoms with Gasteiger partial charge in [0, 0.05) is 5.75 Å². The van der Waals surface area contributed by atoms with Gasteiger partial charge in [-0.05, 0) is 5.57 Å². The fourth-order valence-electron chi connectivity index (χ4n) is 2.03. The van der Waals surface area contributed by atoms with Crippen LogP contribution in [0.4, 0.5) is 0 Å². The van der Waals surface area contributed by atoms with Gasteiger partial charge in [-0.15, -0.1) is 11.8 Å². The smallest absolute Gasteiger partial charge is 0.352 e. The van der Waals surface area contributed by atoms with Gasteiger partial charge in [0.25, 0.3) is 5.91 Å². The van der Waals surface area contributed by atoms with Crippen LogP contribution >= 0.6 is 11.8 Å². The third kappa shape index (κ3) is 2.13. The van der Waals surface area contributed by atoms with Crippen molar-refractivity contribution in [3.8, 4) is 0 Å². The number of amides is 2. The Bertz CT molecular complexity index is 502. The number of hydrogen-bond acceptors (Lipinski definition) is 5. The van der Waals surface area contributed by atoms with Gasteiger partial charge in [0.05, 0.1) is 6.54 Å². The molecule has 0 unspecified atom stereocenters. The maximum Gasteiger partial charge on any atom is 0.352 e. The lowest BCUT2D eigenvalue weighted by atomic mass is 10.0. The molecule has 0 aromatic heterocycles. The van der Waals surface area contributed by atoms with Crippen LogP contribution in [0.25, 0.3) is 0 Å². The van der Waals surface area contributed by atoms with Crippen LogP contribution < -0.4 is 11.1 Å². The van der Waals surface area contributed by atoms with E-state index in [1.165, 1.54) is 22.7 Å². The first-order chi connectivity index (χ1) is 9.01. The van der Waals surface area contributed by atoms with Gasteiger partial charge in [0.1, 0.15) is 17.1 Å².